The Hall–Kier alpha value is -3.68. The lowest BCUT2D eigenvalue weighted by molar-refractivity contribution is -0.305. The first kappa shape index (κ1) is 72.3. The van der Waals surface area contributed by atoms with E-state index >= 15 is 0 Å². The van der Waals surface area contributed by atoms with Crippen molar-refractivity contribution in [2.24, 2.45) is 0 Å². The van der Waals surface area contributed by atoms with Crippen LogP contribution in [-0.4, -0.2) is 99.6 Å². The van der Waals surface area contributed by atoms with Crippen LogP contribution >= 0.6 is 0 Å². The zero-order valence-electron chi connectivity index (χ0n) is 49.2. The Labute approximate surface area is 475 Å². The van der Waals surface area contributed by atoms with Gasteiger partial charge in [-0.1, -0.05) is 233 Å². The van der Waals surface area contributed by atoms with Crippen molar-refractivity contribution < 1.29 is 49.3 Å². The first-order valence-electron chi connectivity index (χ1n) is 31.2. The number of aliphatic hydroxyl groups is 5. The van der Waals surface area contributed by atoms with E-state index in [0.29, 0.717) is 12.8 Å². The van der Waals surface area contributed by atoms with Gasteiger partial charge in [0.25, 0.3) is 0 Å². The van der Waals surface area contributed by atoms with E-state index in [1.165, 1.54) is 70.6 Å². The third kappa shape index (κ3) is 41.3. The highest BCUT2D eigenvalue weighted by molar-refractivity contribution is 5.80. The van der Waals surface area contributed by atoms with Crippen molar-refractivity contribution in [1.29, 1.82) is 0 Å². The highest BCUT2D eigenvalue weighted by atomic mass is 16.7. The Bertz CT molecular complexity index is 1680. The van der Waals surface area contributed by atoms with Gasteiger partial charge in [0.05, 0.1) is 25.4 Å². The van der Waals surface area contributed by atoms with Gasteiger partial charge in [0.2, 0.25) is 5.91 Å². The molecule has 11 heteroatoms. The minimum atomic E-state index is -1.64. The molecule has 6 N–H and O–H groups in total. The molecule has 0 spiro atoms. The molecule has 8 atom stereocenters. The molecule has 1 aliphatic rings. The summed E-state index contributed by atoms with van der Waals surface area (Å²) in [5.74, 6) is -1.26. The van der Waals surface area contributed by atoms with E-state index in [9.17, 15) is 35.1 Å². The molecule has 1 amide bonds. The maximum Gasteiger partial charge on any atom is 0.306 e. The van der Waals surface area contributed by atoms with Crippen LogP contribution in [0, 0.1) is 0 Å². The fourth-order valence-electron chi connectivity index (χ4n) is 8.98. The number of ether oxygens (including phenoxy) is 3. The molecule has 1 rings (SSSR count). The van der Waals surface area contributed by atoms with E-state index in [4.69, 9.17) is 14.2 Å². The molecule has 11 nitrogen and oxygen atoms in total. The van der Waals surface area contributed by atoms with Gasteiger partial charge in [-0.2, -0.15) is 0 Å². The Balaban J connectivity index is 2.72. The molecule has 8 unspecified atom stereocenters. The summed E-state index contributed by atoms with van der Waals surface area (Å²) in [6.07, 6.45) is 62.6. The van der Waals surface area contributed by atoms with E-state index in [0.717, 1.165) is 122 Å². The highest BCUT2D eigenvalue weighted by Crippen LogP contribution is 2.26. The largest absolute Gasteiger partial charge is 0.454 e. The molecule has 0 aliphatic carbocycles. The standard InChI is InChI=1S/C67H113NO10/c1-4-7-10-13-16-19-22-25-27-29-30-31-32-33-35-37-40-43-46-49-52-55-62(72)78-65-64(74)63(73)61(56-69)77-67(65)76-57-58(59(70)53-50-47-44-41-38-24-21-18-15-12-9-6-3)68-66(75)60(71)54-51-48-45-42-39-36-34-28-26-23-20-17-14-11-8-5-2/h7,10,16-17,19-20,25-28,30-31,33,35,40,43,50,53,58-61,63-65,67,69-71,73-74H,4-6,8-9,11-15,18,21-24,29,32,34,36-39,41-42,44-49,51-52,54-57H2,1-3H3,(H,68,75)/b10-7-,19-16-,20-17-,27-25-,28-26-,31-30-,35-33-,43-40-,53-50+. The van der Waals surface area contributed by atoms with E-state index in [-0.39, 0.29) is 19.4 Å². The van der Waals surface area contributed by atoms with Gasteiger partial charge < -0.3 is 45.1 Å². The minimum absolute atomic E-state index is 0.0619. The molecule has 1 saturated heterocycles. The second-order valence-electron chi connectivity index (χ2n) is 21.0. The summed E-state index contributed by atoms with van der Waals surface area (Å²) in [7, 11) is 0. The van der Waals surface area contributed by atoms with Crippen molar-refractivity contribution >= 4 is 11.9 Å². The summed E-state index contributed by atoms with van der Waals surface area (Å²) in [4.78, 5) is 26.5. The average Bonchev–Trinajstić information content (AvgIpc) is 3.45. The number of aliphatic hydroxyl groups excluding tert-OH is 5. The monoisotopic (exact) mass is 1090 g/mol. The minimum Gasteiger partial charge on any atom is -0.454 e. The summed E-state index contributed by atoms with van der Waals surface area (Å²) < 4.78 is 17.6. The topological polar surface area (TPSA) is 175 Å². The third-order valence-corrected chi connectivity index (χ3v) is 13.9. The van der Waals surface area contributed by atoms with E-state index in [1.807, 2.05) is 6.08 Å². The van der Waals surface area contributed by atoms with Crippen LogP contribution in [0.4, 0.5) is 0 Å². The molecule has 0 aromatic heterocycles. The summed E-state index contributed by atoms with van der Waals surface area (Å²) in [6.45, 7) is 5.61. The zero-order valence-corrected chi connectivity index (χ0v) is 49.2. The van der Waals surface area contributed by atoms with E-state index in [1.54, 1.807) is 6.08 Å². The van der Waals surface area contributed by atoms with E-state index < -0.39 is 67.4 Å². The van der Waals surface area contributed by atoms with Gasteiger partial charge in [0, 0.05) is 6.42 Å². The number of hydrogen-bond acceptors (Lipinski definition) is 10. The fourth-order valence-corrected chi connectivity index (χ4v) is 8.98. The number of amides is 1. The molecule has 1 aliphatic heterocycles. The van der Waals surface area contributed by atoms with Crippen LogP contribution in [0.2, 0.25) is 0 Å². The molecule has 0 aromatic carbocycles. The molecular formula is C67H113NO10. The smallest absolute Gasteiger partial charge is 0.306 e. The second-order valence-corrected chi connectivity index (χ2v) is 21.0. The van der Waals surface area contributed by atoms with Crippen molar-refractivity contribution in [3.05, 3.63) is 109 Å². The highest BCUT2D eigenvalue weighted by Gasteiger charge is 2.47. The fraction of sp³-hybridized carbons (Fsp3) is 0.701. The van der Waals surface area contributed by atoms with Gasteiger partial charge in [-0.05, 0) is 109 Å². The molecule has 78 heavy (non-hydrogen) atoms. The molecule has 0 aromatic rings. The molecular weight excluding hydrogens is 979 g/mol. The summed E-state index contributed by atoms with van der Waals surface area (Å²) in [5.41, 5.74) is 0. The Morgan fingerprint density at radius 1 is 0.513 bits per heavy atom. The van der Waals surface area contributed by atoms with Gasteiger partial charge in [0.1, 0.15) is 24.4 Å². The molecule has 0 radical (unpaired) electrons. The van der Waals surface area contributed by atoms with Crippen LogP contribution in [0.3, 0.4) is 0 Å². The third-order valence-electron chi connectivity index (χ3n) is 13.9. The van der Waals surface area contributed by atoms with Gasteiger partial charge in [-0.25, -0.2) is 0 Å². The number of allylic oxidation sites excluding steroid dienone is 17. The molecule has 0 saturated carbocycles. The Morgan fingerprint density at radius 3 is 1.41 bits per heavy atom. The van der Waals surface area contributed by atoms with Gasteiger partial charge in [-0.15, -0.1) is 0 Å². The first-order chi connectivity index (χ1) is 38.2. The number of rotatable bonds is 51. The Kier molecular flexibility index (Phi) is 50.0. The van der Waals surface area contributed by atoms with Crippen molar-refractivity contribution in [1.82, 2.24) is 5.32 Å². The molecule has 1 fully saturated rings. The number of unbranched alkanes of at least 4 members (excludes halogenated alkanes) is 21. The number of nitrogens with one attached hydrogen (secondary N) is 1. The summed E-state index contributed by atoms with van der Waals surface area (Å²) in [6, 6.07) is -1.04. The van der Waals surface area contributed by atoms with Crippen LogP contribution in [0.15, 0.2) is 109 Å². The lowest BCUT2D eigenvalue weighted by Gasteiger charge is -2.41. The number of hydrogen-bond donors (Lipinski definition) is 6. The van der Waals surface area contributed by atoms with Gasteiger partial charge >= 0.3 is 5.97 Å². The summed E-state index contributed by atoms with van der Waals surface area (Å²) >= 11 is 0. The lowest BCUT2D eigenvalue weighted by atomic mass is 9.99. The number of carbonyl (C=O) groups excluding carboxylic acids is 2. The predicted octanol–water partition coefficient (Wildman–Crippen LogP) is 14.9. The SMILES string of the molecule is CC/C=C\C/C=C\C/C=C\C/C=C\C/C=C\C/C=C\CCCCC(=O)OC1C(OCC(NC(=O)C(O)CCCCCCCC/C=C\C/C=C\CCCCC)C(O)/C=C/CCCCCCCCCCCC)OC(CO)C(O)C1O. The summed E-state index contributed by atoms with van der Waals surface area (Å²) in [5, 5.41) is 57.0. The van der Waals surface area contributed by atoms with Crippen LogP contribution in [0.5, 0.6) is 0 Å². The molecule has 1 heterocycles. The van der Waals surface area contributed by atoms with Crippen LogP contribution < -0.4 is 5.32 Å². The maximum absolute atomic E-state index is 13.4. The number of esters is 1. The maximum atomic E-state index is 13.4. The normalized spacial score (nSPS) is 19.7. The van der Waals surface area contributed by atoms with Crippen LogP contribution in [0.25, 0.3) is 0 Å². The zero-order chi connectivity index (χ0) is 56.8. The van der Waals surface area contributed by atoms with Crippen LogP contribution in [-0.2, 0) is 23.8 Å². The van der Waals surface area contributed by atoms with Gasteiger partial charge in [0.15, 0.2) is 12.4 Å². The second kappa shape index (κ2) is 53.9. The predicted molar refractivity (Wildman–Crippen MR) is 324 cm³/mol. The van der Waals surface area contributed by atoms with Crippen molar-refractivity contribution in [3.8, 4) is 0 Å². The van der Waals surface area contributed by atoms with Crippen LogP contribution in [0.1, 0.15) is 239 Å². The van der Waals surface area contributed by atoms with Crippen molar-refractivity contribution in [2.75, 3.05) is 13.2 Å². The quantitative estimate of drug-likeness (QED) is 0.0195. The van der Waals surface area contributed by atoms with E-state index in [2.05, 4.69) is 123 Å². The molecule has 446 valence electrons. The van der Waals surface area contributed by atoms with Crippen molar-refractivity contribution in [3.63, 3.8) is 0 Å². The Morgan fingerprint density at radius 2 is 0.923 bits per heavy atom. The molecule has 0 bridgehead atoms. The number of carbonyl (C=O) groups is 2. The average molecular weight is 1090 g/mol. The van der Waals surface area contributed by atoms with Crippen molar-refractivity contribution in [2.45, 2.75) is 288 Å². The lowest BCUT2D eigenvalue weighted by Crippen LogP contribution is -2.61. The van der Waals surface area contributed by atoms with Gasteiger partial charge in [-0.3, -0.25) is 9.59 Å². The first-order valence-corrected chi connectivity index (χ1v) is 31.2.